The number of imidazole rings is 1. The van der Waals surface area contributed by atoms with E-state index in [0.29, 0.717) is 0 Å². The van der Waals surface area contributed by atoms with Gasteiger partial charge in [0.15, 0.2) is 10.4 Å². The van der Waals surface area contributed by atoms with E-state index >= 15 is 0 Å². The number of aryl methyl sites for hydroxylation is 3. The van der Waals surface area contributed by atoms with Crippen LogP contribution in [0.5, 0.6) is 0 Å². The molecule has 0 fully saturated rings. The van der Waals surface area contributed by atoms with Crippen molar-refractivity contribution in [1.82, 2.24) is 24.2 Å². The molecule has 0 radical (unpaired) electrons. The van der Waals surface area contributed by atoms with E-state index in [0.717, 1.165) is 60.8 Å². The maximum Gasteiger partial charge on any atom is 0.179 e. The van der Waals surface area contributed by atoms with Gasteiger partial charge < -0.3 is 14.5 Å². The van der Waals surface area contributed by atoms with E-state index in [2.05, 4.69) is 40.3 Å². The highest BCUT2D eigenvalue weighted by molar-refractivity contribution is 7.71. The molecule has 2 aromatic heterocycles. The van der Waals surface area contributed by atoms with E-state index in [-0.39, 0.29) is 0 Å². The highest BCUT2D eigenvalue weighted by Gasteiger charge is 2.13. The fourth-order valence-electron chi connectivity index (χ4n) is 2.68. The lowest BCUT2D eigenvalue weighted by molar-refractivity contribution is 0.293. The van der Waals surface area contributed by atoms with Crippen molar-refractivity contribution in [2.75, 3.05) is 19.6 Å². The van der Waals surface area contributed by atoms with Crippen LogP contribution in [0.3, 0.4) is 0 Å². The van der Waals surface area contributed by atoms with Gasteiger partial charge in [0.05, 0.1) is 5.69 Å². The van der Waals surface area contributed by atoms with Crippen LogP contribution in [-0.4, -0.2) is 43.9 Å². The zero-order valence-electron chi connectivity index (χ0n) is 12.9. The molecular formula is C14H25N5S. The predicted molar refractivity (Wildman–Crippen MR) is 85.7 cm³/mol. The molecule has 0 saturated heterocycles. The van der Waals surface area contributed by atoms with Gasteiger partial charge in [-0.25, -0.2) is 4.68 Å². The van der Waals surface area contributed by atoms with Crippen LogP contribution in [0.15, 0.2) is 0 Å². The fourth-order valence-corrected chi connectivity index (χ4v) is 2.96. The van der Waals surface area contributed by atoms with Crippen LogP contribution < -0.4 is 0 Å². The number of H-pyrrole nitrogens is 1. The van der Waals surface area contributed by atoms with E-state index in [4.69, 9.17) is 12.2 Å². The molecule has 0 amide bonds. The third kappa shape index (κ3) is 2.81. The van der Waals surface area contributed by atoms with Crippen molar-refractivity contribution in [3.63, 3.8) is 0 Å². The summed E-state index contributed by atoms with van der Waals surface area (Å²) in [6, 6.07) is 0. The van der Waals surface area contributed by atoms with Crippen LogP contribution in [0.25, 0.3) is 11.2 Å². The summed E-state index contributed by atoms with van der Waals surface area (Å²) in [7, 11) is 0. The number of hydrogen-bond acceptors (Lipinski definition) is 3. The Bertz CT molecular complexity index is 617. The minimum atomic E-state index is 0.808. The van der Waals surface area contributed by atoms with E-state index < -0.39 is 0 Å². The van der Waals surface area contributed by atoms with Gasteiger partial charge in [-0.05, 0) is 52.1 Å². The van der Waals surface area contributed by atoms with Gasteiger partial charge in [-0.1, -0.05) is 13.8 Å². The molecule has 0 aliphatic carbocycles. The van der Waals surface area contributed by atoms with E-state index in [1.807, 2.05) is 11.6 Å². The number of nitrogens with zero attached hydrogens (tertiary/aromatic N) is 4. The monoisotopic (exact) mass is 295 g/mol. The minimum absolute atomic E-state index is 0.808. The first-order valence-electron chi connectivity index (χ1n) is 7.50. The Morgan fingerprint density at radius 1 is 1.25 bits per heavy atom. The standard InChI is InChI=1S/C14H25N5S/c1-5-17(6-2)9-8-10-18-13-12(15-14(18)20)11(4)16-19(13)7-3/h5-10H2,1-4H3,(H,15,20). The Morgan fingerprint density at radius 3 is 2.55 bits per heavy atom. The molecule has 0 aromatic carbocycles. The van der Waals surface area contributed by atoms with E-state index in [9.17, 15) is 0 Å². The van der Waals surface area contributed by atoms with Crippen LogP contribution in [0, 0.1) is 11.7 Å². The Hall–Kier alpha value is -1.14. The van der Waals surface area contributed by atoms with Crippen LogP contribution >= 0.6 is 12.2 Å². The molecule has 20 heavy (non-hydrogen) atoms. The maximum absolute atomic E-state index is 5.46. The number of rotatable bonds is 7. The van der Waals surface area contributed by atoms with Crippen molar-refractivity contribution in [1.29, 1.82) is 0 Å². The van der Waals surface area contributed by atoms with Crippen LogP contribution in [0.4, 0.5) is 0 Å². The first-order chi connectivity index (χ1) is 9.62. The van der Waals surface area contributed by atoms with E-state index in [1.165, 1.54) is 0 Å². The molecule has 0 aliphatic rings. The van der Waals surface area contributed by atoms with Gasteiger partial charge in [0, 0.05) is 13.1 Å². The summed E-state index contributed by atoms with van der Waals surface area (Å²) in [5.74, 6) is 0. The minimum Gasteiger partial charge on any atom is -0.328 e. The number of nitrogens with one attached hydrogen (secondary N) is 1. The molecule has 6 heteroatoms. The van der Waals surface area contributed by atoms with Crippen molar-refractivity contribution >= 4 is 23.4 Å². The maximum atomic E-state index is 5.46. The van der Waals surface area contributed by atoms with Gasteiger partial charge in [-0.15, -0.1) is 0 Å². The Kier molecular flexibility index (Phi) is 4.99. The zero-order chi connectivity index (χ0) is 14.7. The number of fused-ring (bicyclic) bond motifs is 1. The van der Waals surface area contributed by atoms with Gasteiger partial charge in [-0.2, -0.15) is 5.10 Å². The van der Waals surface area contributed by atoms with Gasteiger partial charge in [0.25, 0.3) is 0 Å². The fraction of sp³-hybridized carbons (Fsp3) is 0.714. The van der Waals surface area contributed by atoms with Crippen LogP contribution in [-0.2, 0) is 13.1 Å². The first-order valence-corrected chi connectivity index (χ1v) is 7.91. The average Bonchev–Trinajstić information content (AvgIpc) is 2.93. The summed E-state index contributed by atoms with van der Waals surface area (Å²) < 4.78 is 5.04. The quantitative estimate of drug-likeness (QED) is 0.799. The molecule has 1 N–H and O–H groups in total. The highest BCUT2D eigenvalue weighted by atomic mass is 32.1. The number of hydrogen-bond donors (Lipinski definition) is 1. The average molecular weight is 295 g/mol. The number of aromatic amines is 1. The van der Waals surface area contributed by atoms with Crippen molar-refractivity contribution in [2.45, 2.75) is 47.2 Å². The van der Waals surface area contributed by atoms with Crippen molar-refractivity contribution in [2.24, 2.45) is 0 Å². The Labute approximate surface area is 125 Å². The second-order valence-electron chi connectivity index (χ2n) is 5.06. The SMILES string of the molecule is CCN(CC)CCCn1c(=S)[nH]c2c(C)nn(CC)c21. The van der Waals surface area contributed by atoms with Gasteiger partial charge in [-0.3, -0.25) is 0 Å². The lowest BCUT2D eigenvalue weighted by Gasteiger charge is -2.17. The van der Waals surface area contributed by atoms with Crippen LogP contribution in [0.1, 0.15) is 32.9 Å². The summed E-state index contributed by atoms with van der Waals surface area (Å²) in [4.78, 5) is 5.74. The van der Waals surface area contributed by atoms with Crippen molar-refractivity contribution in [3.8, 4) is 0 Å². The summed E-state index contributed by atoms with van der Waals surface area (Å²) in [6.45, 7) is 13.7. The topological polar surface area (TPSA) is 41.8 Å². The molecule has 2 aromatic rings. The molecule has 0 unspecified atom stereocenters. The lowest BCUT2D eigenvalue weighted by atomic mass is 10.3. The molecular weight excluding hydrogens is 270 g/mol. The van der Waals surface area contributed by atoms with Crippen molar-refractivity contribution in [3.05, 3.63) is 10.5 Å². The van der Waals surface area contributed by atoms with Gasteiger partial charge >= 0.3 is 0 Å². The molecule has 0 bridgehead atoms. The molecule has 0 atom stereocenters. The largest absolute Gasteiger partial charge is 0.328 e. The normalized spacial score (nSPS) is 11.8. The smallest absolute Gasteiger partial charge is 0.179 e. The Morgan fingerprint density at radius 2 is 1.95 bits per heavy atom. The highest BCUT2D eigenvalue weighted by Crippen LogP contribution is 2.18. The third-order valence-corrected chi connectivity index (χ3v) is 4.21. The summed E-state index contributed by atoms with van der Waals surface area (Å²) in [6.07, 6.45) is 1.11. The van der Waals surface area contributed by atoms with E-state index in [1.54, 1.807) is 0 Å². The lowest BCUT2D eigenvalue weighted by Crippen LogP contribution is -2.25. The summed E-state index contributed by atoms with van der Waals surface area (Å²) in [5, 5.41) is 4.55. The van der Waals surface area contributed by atoms with Crippen molar-refractivity contribution < 1.29 is 0 Å². The zero-order valence-corrected chi connectivity index (χ0v) is 13.8. The molecule has 2 rings (SSSR count). The predicted octanol–water partition coefficient (Wildman–Crippen LogP) is 2.96. The third-order valence-electron chi connectivity index (χ3n) is 3.88. The first kappa shape index (κ1) is 15.3. The second-order valence-corrected chi connectivity index (χ2v) is 5.45. The Balaban J connectivity index is 2.21. The van der Waals surface area contributed by atoms with Gasteiger partial charge in [0.1, 0.15) is 5.52 Å². The molecule has 0 saturated carbocycles. The molecule has 0 spiro atoms. The molecule has 112 valence electrons. The molecule has 2 heterocycles. The molecule has 0 aliphatic heterocycles. The second kappa shape index (κ2) is 6.54. The van der Waals surface area contributed by atoms with Gasteiger partial charge in [0.2, 0.25) is 0 Å². The summed E-state index contributed by atoms with van der Waals surface area (Å²) >= 11 is 5.46. The molecule has 5 nitrogen and oxygen atoms in total. The number of aromatic nitrogens is 4. The van der Waals surface area contributed by atoms with Crippen LogP contribution in [0.2, 0.25) is 0 Å². The summed E-state index contributed by atoms with van der Waals surface area (Å²) in [5.41, 5.74) is 3.24.